The van der Waals surface area contributed by atoms with Crippen LogP contribution in [0.4, 0.5) is 0 Å². The topological polar surface area (TPSA) is 181 Å². The van der Waals surface area contributed by atoms with E-state index in [0.717, 1.165) is 85.0 Å². The quantitative estimate of drug-likeness (QED) is 0.0830. The molecule has 4 bridgehead atoms. The second kappa shape index (κ2) is 17.0. The molecule has 0 spiro atoms. The summed E-state index contributed by atoms with van der Waals surface area (Å²) < 4.78 is 18.3. The van der Waals surface area contributed by atoms with E-state index in [-0.39, 0.29) is 66.9 Å². The Morgan fingerprint density at radius 3 is 1.42 bits per heavy atom. The third kappa shape index (κ3) is 8.47. The van der Waals surface area contributed by atoms with Gasteiger partial charge in [0.25, 0.3) is 11.8 Å². The smallest absolute Gasteiger partial charge is 0.305 e. The van der Waals surface area contributed by atoms with E-state index in [2.05, 4.69) is 86.4 Å². The molecule has 4 aromatic rings. The summed E-state index contributed by atoms with van der Waals surface area (Å²) in [4.78, 5) is 57.0. The molecule has 2 unspecified atom stereocenters. The van der Waals surface area contributed by atoms with Crippen LogP contribution in [0.2, 0.25) is 0 Å². The summed E-state index contributed by atoms with van der Waals surface area (Å²) in [6, 6.07) is 15.6. The Bertz CT molecular complexity index is 2220. The Morgan fingerprint density at radius 1 is 0.677 bits per heavy atom. The Balaban J connectivity index is 0.945. The number of aliphatic hydroxyl groups is 1. The Morgan fingerprint density at radius 2 is 1.06 bits per heavy atom. The summed E-state index contributed by atoms with van der Waals surface area (Å²) in [6.07, 6.45) is 11.2. The van der Waals surface area contributed by atoms with E-state index in [1.54, 1.807) is 6.92 Å². The van der Waals surface area contributed by atoms with E-state index in [1.807, 2.05) is 36.7 Å². The van der Waals surface area contributed by atoms with Crippen LogP contribution in [0.15, 0.2) is 60.9 Å². The first-order valence-corrected chi connectivity index (χ1v) is 22.6. The van der Waals surface area contributed by atoms with Gasteiger partial charge in [0.1, 0.15) is 18.3 Å². The number of amides is 2. The van der Waals surface area contributed by atoms with Gasteiger partial charge in [-0.15, -0.1) is 0 Å². The lowest BCUT2D eigenvalue weighted by Crippen LogP contribution is -2.64. The zero-order valence-electron chi connectivity index (χ0n) is 37.3. The summed E-state index contributed by atoms with van der Waals surface area (Å²) >= 11 is 0. The van der Waals surface area contributed by atoms with E-state index in [1.165, 1.54) is 0 Å². The fourth-order valence-corrected chi connectivity index (χ4v) is 10.1. The third-order valence-corrected chi connectivity index (χ3v) is 13.9. The van der Waals surface area contributed by atoms with Crippen LogP contribution < -0.4 is 10.6 Å². The van der Waals surface area contributed by atoms with Gasteiger partial charge < -0.3 is 39.9 Å². The van der Waals surface area contributed by atoms with Crippen LogP contribution in [-0.2, 0) is 28.6 Å². The van der Waals surface area contributed by atoms with E-state index < -0.39 is 28.7 Å². The number of carbonyl (C=O) groups excluding carboxylic acids is 3. The van der Waals surface area contributed by atoms with Crippen molar-refractivity contribution in [1.29, 1.82) is 0 Å². The lowest BCUT2D eigenvalue weighted by Gasteiger charge is -2.50. The molecule has 6 heterocycles. The van der Waals surface area contributed by atoms with Crippen LogP contribution >= 0.6 is 0 Å². The van der Waals surface area contributed by atoms with Gasteiger partial charge in [-0.25, -0.2) is 9.97 Å². The van der Waals surface area contributed by atoms with Crippen molar-refractivity contribution in [3.63, 3.8) is 0 Å². The van der Waals surface area contributed by atoms with Crippen LogP contribution in [0, 0.1) is 22.7 Å². The number of aromatic amines is 2. The predicted octanol–water partition coefficient (Wildman–Crippen LogP) is 8.14. The summed E-state index contributed by atoms with van der Waals surface area (Å²) in [5, 5.41) is 17.0. The van der Waals surface area contributed by atoms with Crippen molar-refractivity contribution in [3.05, 3.63) is 72.6 Å². The van der Waals surface area contributed by atoms with Crippen molar-refractivity contribution in [3.8, 4) is 33.6 Å². The summed E-state index contributed by atoms with van der Waals surface area (Å²) in [6.45, 7) is 13.7. The molecule has 6 aliphatic rings. The van der Waals surface area contributed by atoms with Gasteiger partial charge in [0.15, 0.2) is 11.2 Å². The minimum atomic E-state index is -1.22. The van der Waals surface area contributed by atoms with Crippen molar-refractivity contribution >= 4 is 17.8 Å². The molecule has 4 saturated heterocycles. The number of nitrogens with one attached hydrogen (secondary N) is 4. The number of fused-ring (bicyclic) bond motifs is 6. The minimum absolute atomic E-state index is 0.00252. The first-order valence-electron chi connectivity index (χ1n) is 22.6. The lowest BCUT2D eigenvalue weighted by atomic mass is 9.71. The number of carbonyl (C=O) groups is 3. The summed E-state index contributed by atoms with van der Waals surface area (Å²) in [5.41, 5.74) is 2.28. The number of H-pyrrole nitrogens is 2. The van der Waals surface area contributed by atoms with Gasteiger partial charge in [-0.3, -0.25) is 14.4 Å². The summed E-state index contributed by atoms with van der Waals surface area (Å²) in [7, 11) is 0. The average molecular weight is 849 g/mol. The average Bonchev–Trinajstić information content (AvgIpc) is 3.97. The molecule has 4 atom stereocenters. The van der Waals surface area contributed by atoms with Crippen molar-refractivity contribution in [2.75, 3.05) is 13.2 Å². The molecule has 62 heavy (non-hydrogen) atoms. The van der Waals surface area contributed by atoms with Crippen LogP contribution in [0.1, 0.15) is 130 Å². The highest BCUT2D eigenvalue weighted by Crippen LogP contribution is 2.47. The molecule has 0 radical (unpaired) electrons. The summed E-state index contributed by atoms with van der Waals surface area (Å²) in [5.74, 6) is 0.386. The van der Waals surface area contributed by atoms with Crippen LogP contribution in [0.3, 0.4) is 0 Å². The molecular weight excluding hydrogens is 785 g/mol. The number of hydrogen-bond acceptors (Lipinski definition) is 9. The van der Waals surface area contributed by atoms with Crippen molar-refractivity contribution < 1.29 is 33.7 Å². The zero-order chi connectivity index (χ0) is 44.0. The molecule has 2 saturated carbocycles. The van der Waals surface area contributed by atoms with E-state index in [9.17, 15) is 19.5 Å². The van der Waals surface area contributed by atoms with Crippen LogP contribution in [0.5, 0.6) is 0 Å². The molecule has 4 aliphatic heterocycles. The van der Waals surface area contributed by atoms with Gasteiger partial charge in [-0.1, -0.05) is 97.0 Å². The van der Waals surface area contributed by atoms with Gasteiger partial charge in [-0.05, 0) is 79.2 Å². The standard InChI is InChI=1S/C49H64N6O7/c1-8-39(57)60-28-49(34-19-23-36(62-49)24-20-34)45(59)55-41(47(5,6)7)43-51-26-38(53-43)32-15-11-30(12-16-32)29-9-13-31(14-10-29)37-25-50-42(52-37)40(46(2,3)4)54-44(58)48(27-56)33-17-21-35(61-48)22-18-33/h9-16,25-26,33-36,40-41,56H,8,17-24,27-28H2,1-7H3,(H,50,52)(H,51,53)(H,54,58)(H,55,59)/t33?,34?,35?,36?,40-,41-,48?,49?/m1/s1. The van der Waals surface area contributed by atoms with E-state index in [0.29, 0.717) is 11.6 Å². The molecular formula is C49H64N6O7. The number of ether oxygens (including phenoxy) is 3. The molecule has 332 valence electrons. The van der Waals surface area contributed by atoms with Crippen LogP contribution in [-0.4, -0.2) is 79.4 Å². The number of hydrogen-bond donors (Lipinski definition) is 5. The first kappa shape index (κ1) is 43.8. The predicted molar refractivity (Wildman–Crippen MR) is 235 cm³/mol. The number of nitrogens with zero attached hydrogens (tertiary/aromatic N) is 2. The molecule has 13 nitrogen and oxygen atoms in total. The van der Waals surface area contributed by atoms with Gasteiger partial charge in [0.2, 0.25) is 0 Å². The Labute approximate surface area is 364 Å². The Hall–Kier alpha value is -4.85. The molecule has 2 aromatic heterocycles. The number of rotatable bonds is 13. The molecule has 5 N–H and O–H groups in total. The number of imidazole rings is 2. The zero-order valence-corrected chi connectivity index (χ0v) is 37.3. The molecule has 6 fully saturated rings. The minimum Gasteiger partial charge on any atom is -0.462 e. The highest BCUT2D eigenvalue weighted by atomic mass is 16.6. The van der Waals surface area contributed by atoms with Gasteiger partial charge in [0.05, 0.1) is 42.3 Å². The fourth-order valence-electron chi connectivity index (χ4n) is 10.1. The van der Waals surface area contributed by atoms with Crippen molar-refractivity contribution in [2.24, 2.45) is 22.7 Å². The van der Waals surface area contributed by atoms with Crippen molar-refractivity contribution in [1.82, 2.24) is 30.6 Å². The molecule has 13 heteroatoms. The number of benzene rings is 2. The fraction of sp³-hybridized carbons (Fsp3) is 0.571. The van der Waals surface area contributed by atoms with Gasteiger partial charge >= 0.3 is 5.97 Å². The molecule has 2 amide bonds. The van der Waals surface area contributed by atoms with E-state index >= 15 is 0 Å². The molecule has 2 aromatic carbocycles. The molecule has 2 aliphatic carbocycles. The normalized spacial score (nSPS) is 26.8. The maximum absolute atomic E-state index is 14.3. The highest BCUT2D eigenvalue weighted by Gasteiger charge is 2.56. The lowest BCUT2D eigenvalue weighted by molar-refractivity contribution is -0.220. The highest BCUT2D eigenvalue weighted by molar-refractivity contribution is 5.87. The van der Waals surface area contributed by atoms with Crippen molar-refractivity contribution in [2.45, 2.75) is 142 Å². The van der Waals surface area contributed by atoms with Gasteiger partial charge in [-0.2, -0.15) is 0 Å². The monoisotopic (exact) mass is 848 g/mol. The first-order chi connectivity index (χ1) is 29.5. The second-order valence-corrected chi connectivity index (χ2v) is 20.2. The number of esters is 1. The maximum Gasteiger partial charge on any atom is 0.305 e. The molecule has 10 rings (SSSR count). The van der Waals surface area contributed by atoms with Crippen LogP contribution in [0.25, 0.3) is 33.6 Å². The third-order valence-electron chi connectivity index (χ3n) is 13.9. The Kier molecular flexibility index (Phi) is 12.0. The number of aromatic nitrogens is 4. The SMILES string of the molecule is CCC(=O)OCC1(C(=O)N[C@H](c2nc(-c3ccc(-c4ccc(-c5c[nH]c([C@@H](NC(=O)C6(CO)OC7CCC6CC7)C(C)(C)C)n5)cc4)cc3)c[nH]2)C(C)(C)C)OC2CCC1CC2. The second-order valence-electron chi connectivity index (χ2n) is 20.2. The van der Waals surface area contributed by atoms with E-state index in [4.69, 9.17) is 24.2 Å². The number of aliphatic hydroxyl groups excluding tert-OH is 1. The largest absolute Gasteiger partial charge is 0.462 e. The maximum atomic E-state index is 14.3. The van der Waals surface area contributed by atoms with Gasteiger partial charge in [0, 0.05) is 35.9 Å².